The maximum atomic E-state index is 11.7. The van der Waals surface area contributed by atoms with Crippen molar-refractivity contribution in [3.8, 4) is 0 Å². The molecule has 1 unspecified atom stereocenters. The predicted octanol–water partition coefficient (Wildman–Crippen LogP) is 9.98. The number of rotatable bonds is 15. The molecule has 8 aromatic rings. The van der Waals surface area contributed by atoms with Gasteiger partial charge in [-0.15, -0.1) is 0 Å². The highest BCUT2D eigenvalue weighted by Crippen LogP contribution is 2.30. The summed E-state index contributed by atoms with van der Waals surface area (Å²) >= 11 is 0. The van der Waals surface area contributed by atoms with E-state index < -0.39 is 0 Å². The number of aromatic nitrogens is 8. The number of pyridine rings is 4. The van der Waals surface area contributed by atoms with Crippen LogP contribution in [0.5, 0.6) is 0 Å². The summed E-state index contributed by atoms with van der Waals surface area (Å²) < 4.78 is 4.34. The van der Waals surface area contributed by atoms with Crippen LogP contribution in [0.15, 0.2) is 79.4 Å². The molecule has 13 nitrogen and oxygen atoms in total. The van der Waals surface area contributed by atoms with Crippen LogP contribution in [-0.2, 0) is 13.1 Å². The number of Topliss-reactive ketones (excluding diaryl/α,β-unsaturated/α-hetero) is 2. The average Bonchev–Trinajstić information content (AvgIpc) is 3.56. The Morgan fingerprint density at radius 1 is 0.641 bits per heavy atom. The normalized spacial score (nSPS) is 12.7. The van der Waals surface area contributed by atoms with Crippen molar-refractivity contribution in [1.29, 1.82) is 0 Å². The first kappa shape index (κ1) is 47.5. The fourth-order valence-electron chi connectivity index (χ4n) is 7.77. The molecule has 13 heteroatoms. The first-order valence-electron chi connectivity index (χ1n) is 22.6. The maximum absolute atomic E-state index is 11.7. The molecule has 0 radical (unpaired) electrons. The van der Waals surface area contributed by atoms with E-state index in [4.69, 9.17) is 15.2 Å². The van der Waals surface area contributed by atoms with Gasteiger partial charge in [0.15, 0.2) is 11.6 Å². The number of hydrogen-bond acceptors (Lipinski definition) is 9. The molecule has 1 saturated carbocycles. The van der Waals surface area contributed by atoms with Gasteiger partial charge in [0.1, 0.15) is 22.6 Å². The fourth-order valence-corrected chi connectivity index (χ4v) is 7.77. The van der Waals surface area contributed by atoms with Crippen molar-refractivity contribution in [3.63, 3.8) is 0 Å². The molecular formula is C51H65N9O4. The van der Waals surface area contributed by atoms with E-state index in [1.807, 2.05) is 76.5 Å². The second-order valence-corrected chi connectivity index (χ2v) is 16.9. The second kappa shape index (κ2) is 22.6. The summed E-state index contributed by atoms with van der Waals surface area (Å²) in [5.74, 6) is 0.140. The number of aliphatic hydroxyl groups excluding tert-OH is 2. The van der Waals surface area contributed by atoms with Crippen LogP contribution in [-0.4, -0.2) is 80.1 Å². The Hall–Kier alpha value is -6.02. The summed E-state index contributed by atoms with van der Waals surface area (Å²) in [6, 6.07) is 19.2. The summed E-state index contributed by atoms with van der Waals surface area (Å²) in [6.07, 6.45) is 16.2. The van der Waals surface area contributed by atoms with Crippen molar-refractivity contribution >= 4 is 55.7 Å². The third-order valence-corrected chi connectivity index (χ3v) is 11.4. The zero-order valence-electron chi connectivity index (χ0n) is 38.5. The van der Waals surface area contributed by atoms with E-state index in [9.17, 15) is 9.59 Å². The van der Waals surface area contributed by atoms with Crippen LogP contribution in [0.25, 0.3) is 44.1 Å². The number of fused-ring (bicyclic) bond motifs is 4. The topological polar surface area (TPSA) is 180 Å². The van der Waals surface area contributed by atoms with Gasteiger partial charge in [0.2, 0.25) is 0 Å². The standard InChI is InChI=1S/C18H27N3O.C15H20N2O2.C10H10N2O.C8H8N2/c1-13-6-9-16-17(14(2)20-15-7-8-15)12-21(18(16)19-13)10-4-3-5-11-22;1-11-6-7-13-14(12(2)19)10-17(15(13)16-11)8-4-3-5-9-18;1-6-3-4-8-9(7(2)13)5-11-10(8)12-6;1-6-2-3-7-4-5-9-8(7)10-6/h6,9,12,14-15,20,22H,3-5,7-8,10-11H2,1-2H3;6-7,10,18H,3-5,8-9H2,1-2H3;3-5H,1-2H3,(H,11,12);2-5H,1H3,(H,9,10). The Bertz CT molecular complexity index is 2790. The summed E-state index contributed by atoms with van der Waals surface area (Å²) in [7, 11) is 0. The lowest BCUT2D eigenvalue weighted by atomic mass is 10.1. The van der Waals surface area contributed by atoms with Crippen LogP contribution in [0, 0.1) is 27.7 Å². The molecule has 0 saturated heterocycles. The van der Waals surface area contributed by atoms with Gasteiger partial charge in [-0.25, -0.2) is 19.9 Å². The third-order valence-electron chi connectivity index (χ3n) is 11.4. The Morgan fingerprint density at radius 2 is 1.17 bits per heavy atom. The molecule has 0 aliphatic heterocycles. The summed E-state index contributed by atoms with van der Waals surface area (Å²) in [6.45, 7) is 15.7. The highest BCUT2D eigenvalue weighted by molar-refractivity contribution is 6.06. The van der Waals surface area contributed by atoms with Gasteiger partial charge in [-0.1, -0.05) is 0 Å². The average molecular weight is 868 g/mol. The lowest BCUT2D eigenvalue weighted by Gasteiger charge is -2.12. The number of unbranched alkanes of at least 4 members (excludes halogenated alkanes) is 4. The summed E-state index contributed by atoms with van der Waals surface area (Å²) in [5, 5.41) is 25.7. The van der Waals surface area contributed by atoms with E-state index in [0.717, 1.165) is 113 Å². The first-order valence-corrected chi connectivity index (χ1v) is 22.6. The molecule has 1 aliphatic carbocycles. The largest absolute Gasteiger partial charge is 0.396 e. The van der Waals surface area contributed by atoms with Crippen LogP contribution in [0.3, 0.4) is 0 Å². The molecule has 0 bridgehead atoms. The van der Waals surface area contributed by atoms with Crippen molar-refractivity contribution in [2.45, 2.75) is 125 Å². The Labute approximate surface area is 375 Å². The number of ketones is 2. The second-order valence-electron chi connectivity index (χ2n) is 16.9. The number of aryl methyl sites for hydroxylation is 6. The number of aromatic amines is 2. The lowest BCUT2D eigenvalue weighted by Crippen LogP contribution is -2.20. The monoisotopic (exact) mass is 868 g/mol. The molecule has 5 N–H and O–H groups in total. The van der Waals surface area contributed by atoms with Gasteiger partial charge in [0.05, 0.1) is 0 Å². The minimum atomic E-state index is 0.0666. The highest BCUT2D eigenvalue weighted by Gasteiger charge is 2.25. The van der Waals surface area contributed by atoms with Crippen molar-refractivity contribution in [3.05, 3.63) is 119 Å². The molecule has 1 aliphatic rings. The predicted molar refractivity (Wildman–Crippen MR) is 257 cm³/mol. The quantitative estimate of drug-likeness (QED) is 0.0495. The SMILES string of the molecule is CC(=O)c1c[nH]c2nc(C)ccc12.CC(=O)c1cn(CCCCCO)c2nc(C)ccc12.Cc1ccc2c(C(C)NC3CC3)cn(CCCCCO)c2n1.Cc1ccc2cc[nH]c2n1. The molecule has 1 fully saturated rings. The first-order chi connectivity index (χ1) is 30.9. The van der Waals surface area contributed by atoms with Crippen LogP contribution < -0.4 is 5.32 Å². The molecule has 0 amide bonds. The van der Waals surface area contributed by atoms with Gasteiger partial charge in [-0.2, -0.15) is 0 Å². The zero-order valence-corrected chi connectivity index (χ0v) is 38.5. The highest BCUT2D eigenvalue weighted by atomic mass is 16.3. The van der Waals surface area contributed by atoms with Crippen LogP contribution >= 0.6 is 0 Å². The fraction of sp³-hybridized carbons (Fsp3) is 0.412. The molecule has 64 heavy (non-hydrogen) atoms. The smallest absolute Gasteiger partial charge is 0.162 e. The van der Waals surface area contributed by atoms with Crippen molar-refractivity contribution in [1.82, 2.24) is 44.4 Å². The van der Waals surface area contributed by atoms with E-state index in [0.29, 0.717) is 17.6 Å². The number of H-pyrrole nitrogens is 2. The van der Waals surface area contributed by atoms with Gasteiger partial charge < -0.3 is 34.6 Å². The van der Waals surface area contributed by atoms with Crippen molar-refractivity contribution in [2.24, 2.45) is 0 Å². The molecule has 8 heterocycles. The van der Waals surface area contributed by atoms with Crippen molar-refractivity contribution < 1.29 is 19.8 Å². The van der Waals surface area contributed by atoms with Gasteiger partial charge in [0, 0.05) is 119 Å². The molecule has 0 aromatic carbocycles. The Morgan fingerprint density at radius 3 is 1.77 bits per heavy atom. The number of carbonyl (C=O) groups is 2. The minimum absolute atomic E-state index is 0.0666. The molecule has 1 atom stereocenters. The molecule has 9 rings (SSSR count). The van der Waals surface area contributed by atoms with Crippen LogP contribution in [0.2, 0.25) is 0 Å². The van der Waals surface area contributed by atoms with Crippen molar-refractivity contribution in [2.75, 3.05) is 13.2 Å². The number of nitrogens with zero attached hydrogens (tertiary/aromatic N) is 6. The van der Waals surface area contributed by atoms with Crippen LogP contribution in [0.4, 0.5) is 0 Å². The summed E-state index contributed by atoms with van der Waals surface area (Å²) in [4.78, 5) is 46.7. The van der Waals surface area contributed by atoms with E-state index in [2.05, 4.69) is 70.7 Å². The number of carbonyl (C=O) groups excluding carboxylic acids is 2. The summed E-state index contributed by atoms with van der Waals surface area (Å²) in [5.41, 5.74) is 10.6. The van der Waals surface area contributed by atoms with E-state index in [-0.39, 0.29) is 24.8 Å². The van der Waals surface area contributed by atoms with Crippen LogP contribution in [0.1, 0.15) is 127 Å². The van der Waals surface area contributed by atoms with Gasteiger partial charge in [0.25, 0.3) is 0 Å². The zero-order chi connectivity index (χ0) is 45.8. The van der Waals surface area contributed by atoms with Gasteiger partial charge >= 0.3 is 0 Å². The molecule has 0 spiro atoms. The maximum Gasteiger partial charge on any atom is 0.162 e. The Kier molecular flexibility index (Phi) is 16.7. The third kappa shape index (κ3) is 12.6. The van der Waals surface area contributed by atoms with E-state index in [1.54, 1.807) is 20.0 Å². The van der Waals surface area contributed by atoms with Gasteiger partial charge in [-0.3, -0.25) is 9.59 Å². The molecule has 8 aromatic heterocycles. The number of hydrogen-bond donors (Lipinski definition) is 5. The number of aliphatic hydroxyl groups is 2. The van der Waals surface area contributed by atoms with E-state index in [1.165, 1.54) is 29.2 Å². The van der Waals surface area contributed by atoms with Gasteiger partial charge in [-0.05, 0) is 160 Å². The lowest BCUT2D eigenvalue weighted by molar-refractivity contribution is 0.101. The minimum Gasteiger partial charge on any atom is -0.396 e. The number of nitrogens with one attached hydrogen (secondary N) is 3. The molecule has 338 valence electrons. The molecular weight excluding hydrogens is 803 g/mol. The Balaban J connectivity index is 0.000000147. The van der Waals surface area contributed by atoms with E-state index >= 15 is 0 Å².